The number of halogens is 1. The minimum Gasteiger partial charge on any atom is -0.450 e. The largest absolute Gasteiger partial charge is 0.450 e. The van der Waals surface area contributed by atoms with Crippen molar-refractivity contribution in [3.05, 3.63) is 59.4 Å². The first-order chi connectivity index (χ1) is 20.3. The summed E-state index contributed by atoms with van der Waals surface area (Å²) in [5, 5.41) is 18.2. The van der Waals surface area contributed by atoms with Gasteiger partial charge in [-0.15, -0.1) is 0 Å². The highest BCUT2D eigenvalue weighted by Crippen LogP contribution is 2.41. The Hall–Kier alpha value is -3.01. The van der Waals surface area contributed by atoms with E-state index >= 15 is 4.39 Å². The van der Waals surface area contributed by atoms with Gasteiger partial charge in [-0.1, -0.05) is 43.3 Å². The molecule has 0 radical (unpaired) electrons. The number of aryl methyl sites for hydroxylation is 1. The number of amides is 2. The van der Waals surface area contributed by atoms with Crippen molar-refractivity contribution in [2.24, 2.45) is 11.8 Å². The molecule has 1 heterocycles. The monoisotopic (exact) mass is 583 g/mol. The molecule has 2 aromatic rings. The molecule has 2 fully saturated rings. The maximum Gasteiger partial charge on any atom is 0.406 e. The summed E-state index contributed by atoms with van der Waals surface area (Å²) in [7, 11) is 3.44. The second-order valence-corrected chi connectivity index (χ2v) is 11.5. The van der Waals surface area contributed by atoms with Crippen LogP contribution in [-0.2, 0) is 26.3 Å². The molecular formula is C33H46FN3O5. The van der Waals surface area contributed by atoms with Gasteiger partial charge >= 0.3 is 6.09 Å². The Morgan fingerprint density at radius 2 is 1.90 bits per heavy atom. The Balaban J connectivity index is 1.63. The van der Waals surface area contributed by atoms with Gasteiger partial charge in [-0.05, 0) is 87.2 Å². The first kappa shape index (κ1) is 31.9. The van der Waals surface area contributed by atoms with Gasteiger partial charge in [0, 0.05) is 25.1 Å². The van der Waals surface area contributed by atoms with Crippen molar-refractivity contribution in [2.75, 3.05) is 46.9 Å². The topological polar surface area (TPSA) is 100 Å². The Labute approximate surface area is 249 Å². The minimum atomic E-state index is -1.64. The van der Waals surface area contributed by atoms with Gasteiger partial charge in [-0.2, -0.15) is 0 Å². The highest BCUT2D eigenvalue weighted by molar-refractivity contribution is 5.79. The molecule has 3 N–H and O–H groups in total. The molecule has 2 aliphatic rings. The number of nitrogens with zero attached hydrogens (tertiary/aromatic N) is 1. The smallest absolute Gasteiger partial charge is 0.406 e. The lowest BCUT2D eigenvalue weighted by Gasteiger charge is -2.44. The van der Waals surface area contributed by atoms with Crippen molar-refractivity contribution in [3.8, 4) is 11.1 Å². The molecule has 2 amide bonds. The number of ether oxygens (including phenoxy) is 2. The van der Waals surface area contributed by atoms with E-state index in [-0.39, 0.29) is 38.0 Å². The van der Waals surface area contributed by atoms with Gasteiger partial charge in [0.25, 0.3) is 0 Å². The van der Waals surface area contributed by atoms with Gasteiger partial charge in [0.15, 0.2) is 0 Å². The summed E-state index contributed by atoms with van der Waals surface area (Å²) in [6, 6.07) is 12.4. The van der Waals surface area contributed by atoms with Gasteiger partial charge in [-0.3, -0.25) is 4.79 Å². The van der Waals surface area contributed by atoms with E-state index in [0.29, 0.717) is 35.6 Å². The lowest BCUT2D eigenvalue weighted by molar-refractivity contribution is -0.168. The zero-order chi connectivity index (χ0) is 30.1. The maximum absolute atomic E-state index is 15.6. The predicted molar refractivity (Wildman–Crippen MR) is 160 cm³/mol. The van der Waals surface area contributed by atoms with Crippen LogP contribution in [0.5, 0.6) is 0 Å². The highest BCUT2D eigenvalue weighted by Gasteiger charge is 2.45. The number of morpholine rings is 1. The molecule has 0 spiro atoms. The van der Waals surface area contributed by atoms with E-state index in [0.717, 1.165) is 44.2 Å². The molecule has 42 heavy (non-hydrogen) atoms. The summed E-state index contributed by atoms with van der Waals surface area (Å²) >= 11 is 0. The molecule has 1 saturated carbocycles. The molecule has 1 aliphatic carbocycles. The third-order valence-electron chi connectivity index (χ3n) is 8.84. The zero-order valence-corrected chi connectivity index (χ0v) is 25.2. The van der Waals surface area contributed by atoms with Crippen LogP contribution in [0.3, 0.4) is 0 Å². The molecule has 2 atom stereocenters. The fraction of sp³-hybridized carbons (Fsp3) is 0.576. The van der Waals surface area contributed by atoms with Gasteiger partial charge in [0.2, 0.25) is 5.91 Å². The molecule has 4 rings (SSSR count). The summed E-state index contributed by atoms with van der Waals surface area (Å²) in [5.41, 5.74) is 0.804. The van der Waals surface area contributed by atoms with Crippen LogP contribution in [0.4, 0.5) is 9.18 Å². The summed E-state index contributed by atoms with van der Waals surface area (Å²) < 4.78 is 27.0. The summed E-state index contributed by atoms with van der Waals surface area (Å²) in [5.74, 6) is 0.220. The number of carbonyl (C=O) groups excluding carboxylic acids is 2. The van der Waals surface area contributed by atoms with Crippen LogP contribution in [0.2, 0.25) is 0 Å². The molecule has 9 heteroatoms. The fourth-order valence-corrected chi connectivity index (χ4v) is 6.47. The third-order valence-corrected chi connectivity index (χ3v) is 8.84. The quantitative estimate of drug-likeness (QED) is 0.334. The number of carbonyl (C=O) groups is 2. The minimum absolute atomic E-state index is 0.0348. The van der Waals surface area contributed by atoms with E-state index in [9.17, 15) is 14.7 Å². The first-order valence-corrected chi connectivity index (χ1v) is 15.3. The standard InChI is InChI=1S/C33H46FN3O5/c1-4-23-8-5-9-26(20-23)30-27(10-6-11-28(30)34)33(40,16-7-18-42-32(39)36-3)29-22-37(17-19-41-29)31(38)25-14-12-24(13-15-25)21-35-2/h5-6,8-11,20,24-25,29,35,40H,4,7,12-19,21-22H2,1-3H3,(H,36,39)/t24?,25?,29-,33-/m1/s1. The summed E-state index contributed by atoms with van der Waals surface area (Å²) in [4.78, 5) is 27.1. The number of alkyl carbamates (subject to hydrolysis) is 1. The van der Waals surface area contributed by atoms with E-state index in [2.05, 4.69) is 10.6 Å². The van der Waals surface area contributed by atoms with E-state index in [1.54, 1.807) is 12.1 Å². The lowest BCUT2D eigenvalue weighted by Crippen LogP contribution is -2.55. The van der Waals surface area contributed by atoms with Crippen molar-refractivity contribution < 1.29 is 28.6 Å². The van der Waals surface area contributed by atoms with E-state index in [1.165, 1.54) is 13.1 Å². The van der Waals surface area contributed by atoms with Crippen molar-refractivity contribution >= 4 is 12.0 Å². The molecule has 230 valence electrons. The molecule has 1 aliphatic heterocycles. The van der Waals surface area contributed by atoms with Crippen LogP contribution in [0.25, 0.3) is 11.1 Å². The van der Waals surface area contributed by atoms with Gasteiger partial charge in [0.1, 0.15) is 17.5 Å². The van der Waals surface area contributed by atoms with Gasteiger partial charge in [-0.25, -0.2) is 9.18 Å². The Kier molecular flexibility index (Phi) is 11.4. The van der Waals surface area contributed by atoms with Gasteiger partial charge in [0.05, 0.1) is 19.8 Å². The van der Waals surface area contributed by atoms with E-state index in [1.807, 2.05) is 43.1 Å². The average Bonchev–Trinajstić information content (AvgIpc) is 3.03. The van der Waals surface area contributed by atoms with Crippen molar-refractivity contribution in [2.45, 2.75) is 63.6 Å². The molecule has 0 unspecified atom stereocenters. The maximum atomic E-state index is 15.6. The Morgan fingerprint density at radius 1 is 1.14 bits per heavy atom. The number of nitrogens with one attached hydrogen (secondary N) is 2. The van der Waals surface area contributed by atoms with Gasteiger partial charge < -0.3 is 30.1 Å². The number of hydrogen-bond acceptors (Lipinski definition) is 6. The lowest BCUT2D eigenvalue weighted by atomic mass is 9.78. The Morgan fingerprint density at radius 3 is 2.62 bits per heavy atom. The van der Waals surface area contributed by atoms with Crippen LogP contribution in [0, 0.1) is 17.7 Å². The normalized spacial score (nSPS) is 22.3. The zero-order valence-electron chi connectivity index (χ0n) is 25.2. The molecule has 1 saturated heterocycles. The second-order valence-electron chi connectivity index (χ2n) is 11.5. The molecule has 0 aromatic heterocycles. The summed E-state index contributed by atoms with van der Waals surface area (Å²) in [6.07, 6.45) is 3.66. The molecule has 8 nitrogen and oxygen atoms in total. The van der Waals surface area contributed by atoms with Crippen molar-refractivity contribution in [1.82, 2.24) is 15.5 Å². The SMILES string of the molecule is CCc1cccc(-c2c(F)cccc2[C@](O)(CCCOC(=O)NC)[C@H]2CN(C(=O)C3CCC(CNC)CC3)CCO2)c1. The average molecular weight is 584 g/mol. The molecular weight excluding hydrogens is 537 g/mol. The number of benzene rings is 2. The Bertz CT molecular complexity index is 1200. The van der Waals surface area contributed by atoms with Crippen LogP contribution in [-0.4, -0.2) is 75.1 Å². The number of rotatable bonds is 11. The first-order valence-electron chi connectivity index (χ1n) is 15.3. The third kappa shape index (κ3) is 7.49. The molecule has 0 bridgehead atoms. The highest BCUT2D eigenvalue weighted by atomic mass is 19.1. The van der Waals surface area contributed by atoms with Crippen LogP contribution in [0.15, 0.2) is 42.5 Å². The second kappa shape index (κ2) is 14.9. The predicted octanol–water partition coefficient (Wildman–Crippen LogP) is 4.63. The number of aliphatic hydroxyl groups is 1. The number of hydrogen-bond donors (Lipinski definition) is 3. The molecule has 2 aromatic carbocycles. The summed E-state index contributed by atoms with van der Waals surface area (Å²) in [6.45, 7) is 4.01. The van der Waals surface area contributed by atoms with Crippen molar-refractivity contribution in [3.63, 3.8) is 0 Å². The van der Waals surface area contributed by atoms with E-state index < -0.39 is 23.6 Å². The fourth-order valence-electron chi connectivity index (χ4n) is 6.47. The van der Waals surface area contributed by atoms with Crippen LogP contribution < -0.4 is 10.6 Å². The van der Waals surface area contributed by atoms with Crippen LogP contribution in [0.1, 0.15) is 56.6 Å². The van der Waals surface area contributed by atoms with E-state index in [4.69, 9.17) is 9.47 Å². The van der Waals surface area contributed by atoms with Crippen molar-refractivity contribution in [1.29, 1.82) is 0 Å². The van der Waals surface area contributed by atoms with Crippen LogP contribution >= 0.6 is 0 Å².